The molecule has 1 saturated heterocycles. The van der Waals surface area contributed by atoms with Crippen molar-refractivity contribution in [3.05, 3.63) is 18.2 Å². The molecular formula is C15H27N3O3. The molecule has 0 aliphatic carbocycles. The molecule has 2 rings (SSSR count). The number of aryl methyl sites for hydroxylation is 1. The van der Waals surface area contributed by atoms with E-state index in [1.54, 1.807) is 0 Å². The topological polar surface area (TPSA) is 68.5 Å². The molecule has 0 aromatic carbocycles. The zero-order valence-electron chi connectivity index (χ0n) is 13.2. The van der Waals surface area contributed by atoms with E-state index in [0.717, 1.165) is 31.9 Å². The van der Waals surface area contributed by atoms with Gasteiger partial charge < -0.3 is 24.5 Å². The van der Waals surface area contributed by atoms with Crippen molar-refractivity contribution in [2.75, 3.05) is 32.9 Å². The fraction of sp³-hybridized carbons (Fsp3) is 0.800. The van der Waals surface area contributed by atoms with Gasteiger partial charge in [0.05, 0.1) is 18.8 Å². The van der Waals surface area contributed by atoms with Crippen molar-refractivity contribution in [1.82, 2.24) is 14.9 Å². The second kappa shape index (κ2) is 7.35. The molecule has 2 atom stereocenters. The molecule has 21 heavy (non-hydrogen) atoms. The van der Waals surface area contributed by atoms with Gasteiger partial charge in [-0.15, -0.1) is 0 Å². The van der Waals surface area contributed by atoms with E-state index >= 15 is 0 Å². The Labute approximate surface area is 126 Å². The third-order valence-electron chi connectivity index (χ3n) is 3.87. The summed E-state index contributed by atoms with van der Waals surface area (Å²) < 4.78 is 13.5. The van der Waals surface area contributed by atoms with Crippen molar-refractivity contribution >= 4 is 0 Å². The Morgan fingerprint density at radius 2 is 2.38 bits per heavy atom. The Kier molecular flexibility index (Phi) is 5.75. The lowest BCUT2D eigenvalue weighted by Gasteiger charge is -2.27. The lowest BCUT2D eigenvalue weighted by Crippen LogP contribution is -2.40. The predicted octanol–water partition coefficient (Wildman–Crippen LogP) is 0.875. The summed E-state index contributed by atoms with van der Waals surface area (Å²) in [6.07, 6.45) is 4.88. The molecule has 1 aliphatic rings. The number of aliphatic hydroxyl groups excluding tert-OH is 1. The van der Waals surface area contributed by atoms with Crippen LogP contribution in [0, 0.1) is 5.92 Å². The first-order valence-corrected chi connectivity index (χ1v) is 7.58. The molecule has 0 unspecified atom stereocenters. The van der Waals surface area contributed by atoms with Gasteiger partial charge in [-0.3, -0.25) is 0 Å². The van der Waals surface area contributed by atoms with Crippen LogP contribution < -0.4 is 5.32 Å². The maximum absolute atomic E-state index is 8.82. The zero-order valence-corrected chi connectivity index (χ0v) is 13.2. The van der Waals surface area contributed by atoms with Crippen molar-refractivity contribution in [3.8, 4) is 0 Å². The average molecular weight is 297 g/mol. The highest BCUT2D eigenvalue weighted by atomic mass is 16.5. The highest BCUT2D eigenvalue weighted by Crippen LogP contribution is 2.32. The second-order valence-corrected chi connectivity index (χ2v) is 6.20. The second-order valence-electron chi connectivity index (χ2n) is 6.20. The Morgan fingerprint density at radius 3 is 3.05 bits per heavy atom. The third-order valence-corrected chi connectivity index (χ3v) is 3.87. The van der Waals surface area contributed by atoms with E-state index in [0.29, 0.717) is 12.5 Å². The van der Waals surface area contributed by atoms with Crippen LogP contribution >= 0.6 is 0 Å². The SMILES string of the molecule is Cn1ccnc1[C@@H]1OCC[C@H]1CNCC(C)(C)OCCO. The summed E-state index contributed by atoms with van der Waals surface area (Å²) in [6.45, 7) is 6.89. The molecule has 0 radical (unpaired) electrons. The van der Waals surface area contributed by atoms with Crippen LogP contribution in [0.15, 0.2) is 12.4 Å². The van der Waals surface area contributed by atoms with Crippen LogP contribution in [-0.2, 0) is 16.5 Å². The Bertz CT molecular complexity index is 434. The molecule has 2 N–H and O–H groups in total. The predicted molar refractivity (Wildman–Crippen MR) is 80.0 cm³/mol. The van der Waals surface area contributed by atoms with Gasteiger partial charge in [0, 0.05) is 45.1 Å². The Balaban J connectivity index is 1.81. The molecule has 0 bridgehead atoms. The number of nitrogens with zero attached hydrogens (tertiary/aromatic N) is 2. The van der Waals surface area contributed by atoms with Crippen LogP contribution in [0.4, 0.5) is 0 Å². The fourth-order valence-corrected chi connectivity index (χ4v) is 2.71. The summed E-state index contributed by atoms with van der Waals surface area (Å²) in [7, 11) is 2.00. The van der Waals surface area contributed by atoms with Gasteiger partial charge in [0.2, 0.25) is 0 Å². The van der Waals surface area contributed by atoms with E-state index in [4.69, 9.17) is 14.6 Å². The lowest BCUT2D eigenvalue weighted by atomic mass is 10.00. The molecule has 0 spiro atoms. The first-order chi connectivity index (χ1) is 10.0. The largest absolute Gasteiger partial charge is 0.394 e. The standard InChI is InChI=1S/C15H27N3O3/c1-15(2,21-9-7-19)11-16-10-12-4-8-20-13(12)14-17-5-6-18(14)3/h5-6,12-13,16,19H,4,7-11H2,1-3H3/t12-,13+/m0/s1. The van der Waals surface area contributed by atoms with Gasteiger partial charge in [-0.05, 0) is 20.3 Å². The van der Waals surface area contributed by atoms with E-state index in [1.165, 1.54) is 0 Å². The van der Waals surface area contributed by atoms with Crippen molar-refractivity contribution in [1.29, 1.82) is 0 Å². The molecule has 0 saturated carbocycles. The Morgan fingerprint density at radius 1 is 1.57 bits per heavy atom. The van der Waals surface area contributed by atoms with Gasteiger partial charge in [0.25, 0.3) is 0 Å². The minimum atomic E-state index is -0.277. The van der Waals surface area contributed by atoms with Gasteiger partial charge in [-0.25, -0.2) is 4.98 Å². The van der Waals surface area contributed by atoms with Crippen LogP contribution in [0.1, 0.15) is 32.2 Å². The molecule has 1 aliphatic heterocycles. The highest BCUT2D eigenvalue weighted by Gasteiger charge is 2.32. The molecule has 120 valence electrons. The van der Waals surface area contributed by atoms with Gasteiger partial charge in [0.1, 0.15) is 11.9 Å². The number of aliphatic hydroxyl groups is 1. The molecule has 1 aromatic rings. The Hall–Kier alpha value is -0.950. The van der Waals surface area contributed by atoms with E-state index in [1.807, 2.05) is 37.9 Å². The first-order valence-electron chi connectivity index (χ1n) is 7.58. The first kappa shape index (κ1) is 16.4. The van der Waals surface area contributed by atoms with E-state index < -0.39 is 0 Å². The monoisotopic (exact) mass is 297 g/mol. The fourth-order valence-electron chi connectivity index (χ4n) is 2.71. The van der Waals surface area contributed by atoms with E-state index in [-0.39, 0.29) is 18.3 Å². The number of aromatic nitrogens is 2. The number of imidazole rings is 1. The zero-order chi connectivity index (χ0) is 15.3. The minimum absolute atomic E-state index is 0.0567. The highest BCUT2D eigenvalue weighted by molar-refractivity contribution is 5.00. The number of ether oxygens (including phenoxy) is 2. The molecule has 0 amide bonds. The summed E-state index contributed by atoms with van der Waals surface area (Å²) in [5.74, 6) is 1.43. The molecule has 1 fully saturated rings. The van der Waals surface area contributed by atoms with Crippen molar-refractivity contribution in [3.63, 3.8) is 0 Å². The summed E-state index contributed by atoms with van der Waals surface area (Å²) in [5, 5.41) is 12.3. The summed E-state index contributed by atoms with van der Waals surface area (Å²) in [4.78, 5) is 4.40. The van der Waals surface area contributed by atoms with Gasteiger partial charge >= 0.3 is 0 Å². The summed E-state index contributed by atoms with van der Waals surface area (Å²) >= 11 is 0. The maximum atomic E-state index is 8.82. The van der Waals surface area contributed by atoms with Gasteiger partial charge in [0.15, 0.2) is 0 Å². The smallest absolute Gasteiger partial charge is 0.137 e. The molecule has 1 aromatic heterocycles. The normalized spacial score (nSPS) is 22.9. The van der Waals surface area contributed by atoms with E-state index in [9.17, 15) is 0 Å². The minimum Gasteiger partial charge on any atom is -0.394 e. The van der Waals surface area contributed by atoms with Crippen molar-refractivity contribution in [2.24, 2.45) is 13.0 Å². The average Bonchev–Trinajstić information content (AvgIpc) is 3.05. The van der Waals surface area contributed by atoms with E-state index in [2.05, 4.69) is 10.3 Å². The quantitative estimate of drug-likeness (QED) is 0.745. The number of hydrogen-bond acceptors (Lipinski definition) is 5. The molecule has 6 nitrogen and oxygen atoms in total. The molecular weight excluding hydrogens is 270 g/mol. The van der Waals surface area contributed by atoms with Gasteiger partial charge in [-0.2, -0.15) is 0 Å². The van der Waals surface area contributed by atoms with Crippen LogP contribution in [0.3, 0.4) is 0 Å². The molecule has 2 heterocycles. The number of rotatable bonds is 8. The number of nitrogens with one attached hydrogen (secondary N) is 1. The van der Waals surface area contributed by atoms with Crippen LogP contribution in [0.25, 0.3) is 0 Å². The van der Waals surface area contributed by atoms with Crippen molar-refractivity contribution < 1.29 is 14.6 Å². The lowest BCUT2D eigenvalue weighted by molar-refractivity contribution is -0.0324. The maximum Gasteiger partial charge on any atom is 0.137 e. The van der Waals surface area contributed by atoms with Crippen molar-refractivity contribution in [2.45, 2.75) is 32.0 Å². The third kappa shape index (κ3) is 4.51. The summed E-state index contributed by atoms with van der Waals surface area (Å²) in [5.41, 5.74) is -0.277. The van der Waals surface area contributed by atoms with Crippen LogP contribution in [-0.4, -0.2) is 53.2 Å². The van der Waals surface area contributed by atoms with Crippen LogP contribution in [0.2, 0.25) is 0 Å². The number of hydrogen-bond donors (Lipinski definition) is 2. The van der Waals surface area contributed by atoms with Gasteiger partial charge in [-0.1, -0.05) is 0 Å². The van der Waals surface area contributed by atoms with Crippen LogP contribution in [0.5, 0.6) is 0 Å². The molecule has 6 heteroatoms. The summed E-state index contributed by atoms with van der Waals surface area (Å²) in [6, 6.07) is 0.